The van der Waals surface area contributed by atoms with Crippen LogP contribution in [0.4, 0.5) is 0 Å². The van der Waals surface area contributed by atoms with E-state index in [4.69, 9.17) is 10.8 Å². The topological polar surface area (TPSA) is 66.6 Å². The predicted octanol–water partition coefficient (Wildman–Crippen LogP) is 1.16. The number of rotatable bonds is 5. The standard InChI is InChI=1S/C13H20N2O2/c1-3-15(4-2)13(17)11-7-5-10(6-8-11)12(14)9-16/h5-8,12,16H,3-4,9,14H2,1-2H3/t12-/m0/s1. The lowest BCUT2D eigenvalue weighted by molar-refractivity contribution is 0.0773. The molecule has 0 spiro atoms. The number of carbonyl (C=O) groups is 1. The molecule has 1 rings (SSSR count). The van der Waals surface area contributed by atoms with Crippen molar-refractivity contribution in [3.05, 3.63) is 35.4 Å². The van der Waals surface area contributed by atoms with Gasteiger partial charge in [-0.1, -0.05) is 12.1 Å². The van der Waals surface area contributed by atoms with E-state index < -0.39 is 0 Å². The van der Waals surface area contributed by atoms with E-state index in [1.165, 1.54) is 0 Å². The molecule has 0 aliphatic rings. The molecule has 3 N–H and O–H groups in total. The molecule has 0 bridgehead atoms. The predicted molar refractivity (Wildman–Crippen MR) is 67.7 cm³/mol. The van der Waals surface area contributed by atoms with E-state index in [9.17, 15) is 4.79 Å². The summed E-state index contributed by atoms with van der Waals surface area (Å²) < 4.78 is 0. The van der Waals surface area contributed by atoms with Crippen molar-refractivity contribution in [2.75, 3.05) is 19.7 Å². The number of nitrogens with zero attached hydrogens (tertiary/aromatic N) is 1. The van der Waals surface area contributed by atoms with E-state index >= 15 is 0 Å². The number of aliphatic hydroxyl groups is 1. The SMILES string of the molecule is CCN(CC)C(=O)c1ccc([C@@H](N)CO)cc1. The molecule has 0 unspecified atom stereocenters. The van der Waals surface area contributed by atoms with Gasteiger partial charge in [-0.2, -0.15) is 0 Å². The summed E-state index contributed by atoms with van der Waals surface area (Å²) in [6.45, 7) is 5.22. The minimum atomic E-state index is -0.382. The zero-order valence-corrected chi connectivity index (χ0v) is 10.4. The Morgan fingerprint density at radius 2 is 1.82 bits per heavy atom. The number of carbonyl (C=O) groups excluding carboxylic acids is 1. The van der Waals surface area contributed by atoms with Crippen LogP contribution in [0.25, 0.3) is 0 Å². The molecule has 17 heavy (non-hydrogen) atoms. The van der Waals surface area contributed by atoms with Gasteiger partial charge in [-0.15, -0.1) is 0 Å². The average molecular weight is 236 g/mol. The van der Waals surface area contributed by atoms with Crippen LogP contribution in [0.1, 0.15) is 35.8 Å². The molecule has 0 saturated heterocycles. The second-order valence-corrected chi connectivity index (χ2v) is 3.89. The van der Waals surface area contributed by atoms with Gasteiger partial charge in [0.25, 0.3) is 5.91 Å². The molecule has 94 valence electrons. The highest BCUT2D eigenvalue weighted by Gasteiger charge is 2.12. The molecule has 0 aromatic heterocycles. The summed E-state index contributed by atoms with van der Waals surface area (Å²) in [7, 11) is 0. The van der Waals surface area contributed by atoms with Gasteiger partial charge in [-0.05, 0) is 31.5 Å². The fourth-order valence-corrected chi connectivity index (χ4v) is 1.67. The van der Waals surface area contributed by atoms with E-state index in [2.05, 4.69) is 0 Å². The molecule has 1 atom stereocenters. The van der Waals surface area contributed by atoms with Gasteiger partial charge in [0.15, 0.2) is 0 Å². The number of amides is 1. The van der Waals surface area contributed by atoms with E-state index in [0.717, 1.165) is 5.56 Å². The summed E-state index contributed by atoms with van der Waals surface area (Å²) in [6, 6.07) is 6.71. The van der Waals surface area contributed by atoms with Crippen molar-refractivity contribution in [3.8, 4) is 0 Å². The molecule has 4 heteroatoms. The van der Waals surface area contributed by atoms with Crippen LogP contribution in [0.5, 0.6) is 0 Å². The molecule has 0 aliphatic heterocycles. The van der Waals surface area contributed by atoms with Crippen molar-refractivity contribution in [1.82, 2.24) is 4.90 Å². The third-order valence-corrected chi connectivity index (χ3v) is 2.83. The van der Waals surface area contributed by atoms with Crippen LogP contribution in [0.15, 0.2) is 24.3 Å². The normalized spacial score (nSPS) is 12.2. The summed E-state index contributed by atoms with van der Waals surface area (Å²) in [4.78, 5) is 13.8. The van der Waals surface area contributed by atoms with E-state index in [0.29, 0.717) is 18.7 Å². The molecule has 0 saturated carbocycles. The van der Waals surface area contributed by atoms with Crippen LogP contribution in [0.3, 0.4) is 0 Å². The highest BCUT2D eigenvalue weighted by molar-refractivity contribution is 5.94. The smallest absolute Gasteiger partial charge is 0.253 e. The van der Waals surface area contributed by atoms with Crippen LogP contribution in [0, 0.1) is 0 Å². The Labute approximate surface area is 102 Å². The molecular weight excluding hydrogens is 216 g/mol. The maximum atomic E-state index is 12.0. The van der Waals surface area contributed by atoms with Gasteiger partial charge in [0, 0.05) is 18.7 Å². The van der Waals surface area contributed by atoms with Crippen LogP contribution in [-0.2, 0) is 0 Å². The molecule has 1 amide bonds. The van der Waals surface area contributed by atoms with Crippen LogP contribution in [-0.4, -0.2) is 35.6 Å². The molecule has 4 nitrogen and oxygen atoms in total. The van der Waals surface area contributed by atoms with Gasteiger partial charge in [-0.25, -0.2) is 0 Å². The van der Waals surface area contributed by atoms with Crippen LogP contribution in [0.2, 0.25) is 0 Å². The lowest BCUT2D eigenvalue weighted by Gasteiger charge is -2.19. The lowest BCUT2D eigenvalue weighted by Crippen LogP contribution is -2.30. The Morgan fingerprint density at radius 1 is 1.29 bits per heavy atom. The monoisotopic (exact) mass is 236 g/mol. The third-order valence-electron chi connectivity index (χ3n) is 2.83. The highest BCUT2D eigenvalue weighted by Crippen LogP contribution is 2.12. The number of hydrogen-bond donors (Lipinski definition) is 2. The number of benzene rings is 1. The summed E-state index contributed by atoms with van der Waals surface area (Å²) in [5.74, 6) is 0.0270. The molecule has 0 aliphatic carbocycles. The maximum Gasteiger partial charge on any atom is 0.253 e. The minimum Gasteiger partial charge on any atom is -0.394 e. The van der Waals surface area contributed by atoms with Gasteiger partial charge < -0.3 is 15.7 Å². The molecule has 1 aromatic rings. The van der Waals surface area contributed by atoms with E-state index in [-0.39, 0.29) is 18.6 Å². The molecular formula is C13H20N2O2. The Hall–Kier alpha value is -1.39. The molecule has 1 aromatic carbocycles. The molecule has 0 heterocycles. The van der Waals surface area contributed by atoms with Crippen LogP contribution < -0.4 is 5.73 Å². The fourth-order valence-electron chi connectivity index (χ4n) is 1.67. The Kier molecular flexibility index (Phi) is 5.12. The minimum absolute atomic E-state index is 0.0270. The maximum absolute atomic E-state index is 12.0. The average Bonchev–Trinajstić information content (AvgIpc) is 2.39. The first-order valence-electron chi connectivity index (χ1n) is 5.89. The first kappa shape index (κ1) is 13.7. The quantitative estimate of drug-likeness (QED) is 0.806. The van der Waals surface area contributed by atoms with Gasteiger partial charge in [0.05, 0.1) is 12.6 Å². The molecule has 0 radical (unpaired) electrons. The second-order valence-electron chi connectivity index (χ2n) is 3.89. The number of nitrogens with two attached hydrogens (primary N) is 1. The Bertz CT molecular complexity index is 358. The summed E-state index contributed by atoms with van der Waals surface area (Å²) in [6.07, 6.45) is 0. The van der Waals surface area contributed by atoms with Gasteiger partial charge in [0.2, 0.25) is 0 Å². The Balaban J connectivity index is 2.83. The molecule has 0 fully saturated rings. The van der Waals surface area contributed by atoms with E-state index in [1.54, 1.807) is 29.2 Å². The van der Waals surface area contributed by atoms with Crippen molar-refractivity contribution in [3.63, 3.8) is 0 Å². The van der Waals surface area contributed by atoms with Crippen LogP contribution >= 0.6 is 0 Å². The summed E-state index contributed by atoms with van der Waals surface area (Å²) >= 11 is 0. The highest BCUT2D eigenvalue weighted by atomic mass is 16.3. The second kappa shape index (κ2) is 6.37. The third kappa shape index (κ3) is 3.28. The number of hydrogen-bond acceptors (Lipinski definition) is 3. The van der Waals surface area contributed by atoms with Gasteiger partial charge in [0.1, 0.15) is 0 Å². The van der Waals surface area contributed by atoms with Crippen molar-refractivity contribution < 1.29 is 9.90 Å². The van der Waals surface area contributed by atoms with Gasteiger partial charge in [-0.3, -0.25) is 4.79 Å². The first-order chi connectivity index (χ1) is 8.13. The van der Waals surface area contributed by atoms with Gasteiger partial charge >= 0.3 is 0 Å². The van der Waals surface area contributed by atoms with Crippen molar-refractivity contribution in [2.45, 2.75) is 19.9 Å². The fraction of sp³-hybridized carbons (Fsp3) is 0.462. The summed E-state index contributed by atoms with van der Waals surface area (Å²) in [5, 5.41) is 8.93. The number of aliphatic hydroxyl groups excluding tert-OH is 1. The van der Waals surface area contributed by atoms with E-state index in [1.807, 2.05) is 13.8 Å². The largest absolute Gasteiger partial charge is 0.394 e. The lowest BCUT2D eigenvalue weighted by atomic mass is 10.1. The first-order valence-corrected chi connectivity index (χ1v) is 5.89. The van der Waals surface area contributed by atoms with Crippen molar-refractivity contribution in [1.29, 1.82) is 0 Å². The van der Waals surface area contributed by atoms with Crippen molar-refractivity contribution in [2.24, 2.45) is 5.73 Å². The zero-order chi connectivity index (χ0) is 12.8. The van der Waals surface area contributed by atoms with Crippen molar-refractivity contribution >= 4 is 5.91 Å². The Morgan fingerprint density at radius 3 is 2.24 bits per heavy atom. The zero-order valence-electron chi connectivity index (χ0n) is 10.4. The summed E-state index contributed by atoms with van der Waals surface area (Å²) in [5.41, 5.74) is 7.18.